The SMILES string of the molecule is COc1ccc(OC)c(NC(=O)CSc2nnc(Nc3cccc(C)c3)s2)c1. The molecule has 0 spiro atoms. The van der Waals surface area contributed by atoms with Crippen molar-refractivity contribution < 1.29 is 14.3 Å². The molecule has 0 aliphatic heterocycles. The summed E-state index contributed by atoms with van der Waals surface area (Å²) in [6.45, 7) is 2.03. The molecule has 3 rings (SSSR count). The molecule has 0 radical (unpaired) electrons. The molecule has 0 unspecified atom stereocenters. The number of anilines is 3. The van der Waals surface area contributed by atoms with E-state index in [0.29, 0.717) is 26.7 Å². The second kappa shape index (κ2) is 9.43. The van der Waals surface area contributed by atoms with E-state index in [4.69, 9.17) is 9.47 Å². The second-order valence-electron chi connectivity index (χ2n) is 5.77. The Labute approximate surface area is 171 Å². The van der Waals surface area contributed by atoms with Crippen molar-refractivity contribution in [3.8, 4) is 11.5 Å². The molecule has 1 amide bonds. The zero-order valence-corrected chi connectivity index (χ0v) is 17.3. The van der Waals surface area contributed by atoms with Crippen LogP contribution in [0.2, 0.25) is 0 Å². The molecule has 1 aromatic heterocycles. The second-order valence-corrected chi connectivity index (χ2v) is 7.97. The molecule has 2 aromatic carbocycles. The third-order valence-corrected chi connectivity index (χ3v) is 5.66. The van der Waals surface area contributed by atoms with Gasteiger partial charge < -0.3 is 20.1 Å². The number of nitrogens with zero attached hydrogens (tertiary/aromatic N) is 2. The maximum absolute atomic E-state index is 12.3. The van der Waals surface area contributed by atoms with Crippen LogP contribution in [0.5, 0.6) is 11.5 Å². The van der Waals surface area contributed by atoms with Gasteiger partial charge in [0, 0.05) is 11.8 Å². The molecular weight excluding hydrogens is 396 g/mol. The summed E-state index contributed by atoms with van der Waals surface area (Å²) < 4.78 is 11.2. The monoisotopic (exact) mass is 416 g/mol. The van der Waals surface area contributed by atoms with Crippen LogP contribution >= 0.6 is 23.1 Å². The first-order valence-corrected chi connectivity index (χ1v) is 10.2. The van der Waals surface area contributed by atoms with Gasteiger partial charge in [0.1, 0.15) is 11.5 Å². The Balaban J connectivity index is 1.56. The van der Waals surface area contributed by atoms with Crippen LogP contribution in [0.15, 0.2) is 46.8 Å². The number of ether oxygens (including phenoxy) is 2. The van der Waals surface area contributed by atoms with Gasteiger partial charge in [-0.15, -0.1) is 10.2 Å². The fraction of sp³-hybridized carbons (Fsp3) is 0.211. The fourth-order valence-electron chi connectivity index (χ4n) is 2.39. The van der Waals surface area contributed by atoms with Crippen molar-refractivity contribution in [3.63, 3.8) is 0 Å². The zero-order chi connectivity index (χ0) is 19.9. The molecule has 2 N–H and O–H groups in total. The van der Waals surface area contributed by atoms with Gasteiger partial charge in [-0.05, 0) is 36.8 Å². The van der Waals surface area contributed by atoms with E-state index in [-0.39, 0.29) is 11.7 Å². The number of hydrogen-bond acceptors (Lipinski definition) is 8. The summed E-state index contributed by atoms with van der Waals surface area (Å²) in [5, 5.41) is 15.0. The minimum atomic E-state index is -0.167. The highest BCUT2D eigenvalue weighted by Crippen LogP contribution is 2.30. The summed E-state index contributed by atoms with van der Waals surface area (Å²) in [5.74, 6) is 1.25. The number of amides is 1. The molecule has 0 bridgehead atoms. The molecule has 146 valence electrons. The molecule has 1 heterocycles. The maximum atomic E-state index is 12.3. The molecule has 0 saturated heterocycles. The minimum absolute atomic E-state index is 0.167. The third kappa shape index (κ3) is 5.37. The first-order valence-electron chi connectivity index (χ1n) is 8.39. The van der Waals surface area contributed by atoms with Gasteiger partial charge in [-0.3, -0.25) is 4.79 Å². The number of aromatic nitrogens is 2. The van der Waals surface area contributed by atoms with E-state index in [0.717, 1.165) is 11.3 Å². The Bertz CT molecular complexity index is 962. The van der Waals surface area contributed by atoms with Gasteiger partial charge in [-0.25, -0.2) is 0 Å². The largest absolute Gasteiger partial charge is 0.497 e. The van der Waals surface area contributed by atoms with E-state index in [1.165, 1.54) is 23.1 Å². The number of benzene rings is 2. The van der Waals surface area contributed by atoms with Crippen molar-refractivity contribution in [1.82, 2.24) is 10.2 Å². The minimum Gasteiger partial charge on any atom is -0.497 e. The van der Waals surface area contributed by atoms with Crippen LogP contribution in [0.25, 0.3) is 0 Å². The van der Waals surface area contributed by atoms with Gasteiger partial charge >= 0.3 is 0 Å². The predicted octanol–water partition coefficient (Wildman–Crippen LogP) is 4.34. The van der Waals surface area contributed by atoms with Gasteiger partial charge in [0.15, 0.2) is 4.34 Å². The summed E-state index contributed by atoms with van der Waals surface area (Å²) in [7, 11) is 3.12. The van der Waals surface area contributed by atoms with E-state index in [2.05, 4.69) is 20.8 Å². The normalized spacial score (nSPS) is 10.4. The Morgan fingerprint density at radius 2 is 2.00 bits per heavy atom. The van der Waals surface area contributed by atoms with Gasteiger partial charge in [-0.2, -0.15) is 0 Å². The standard InChI is InChI=1S/C19H20N4O3S2/c1-12-5-4-6-13(9-12)20-18-22-23-19(28-18)27-11-17(24)21-15-10-14(25-2)7-8-16(15)26-3/h4-10H,11H2,1-3H3,(H,20,22)(H,21,24). The number of carbonyl (C=O) groups is 1. The third-order valence-electron chi connectivity index (χ3n) is 3.68. The summed E-state index contributed by atoms with van der Waals surface area (Å²) in [6.07, 6.45) is 0. The van der Waals surface area contributed by atoms with Crippen LogP contribution in [-0.2, 0) is 4.79 Å². The molecule has 0 atom stereocenters. The number of rotatable bonds is 8. The van der Waals surface area contributed by atoms with Crippen molar-refractivity contribution >= 4 is 45.5 Å². The number of carbonyl (C=O) groups excluding carboxylic acids is 1. The molecule has 28 heavy (non-hydrogen) atoms. The Morgan fingerprint density at radius 3 is 2.75 bits per heavy atom. The molecule has 9 heteroatoms. The van der Waals surface area contributed by atoms with E-state index in [9.17, 15) is 4.79 Å². The van der Waals surface area contributed by atoms with Crippen molar-refractivity contribution in [2.75, 3.05) is 30.6 Å². The van der Waals surface area contributed by atoms with Crippen LogP contribution in [-0.4, -0.2) is 36.1 Å². The maximum Gasteiger partial charge on any atom is 0.234 e. The molecule has 0 aliphatic rings. The van der Waals surface area contributed by atoms with Crippen molar-refractivity contribution in [2.45, 2.75) is 11.3 Å². The quantitative estimate of drug-likeness (QED) is 0.528. The van der Waals surface area contributed by atoms with E-state index in [1.54, 1.807) is 32.4 Å². The smallest absolute Gasteiger partial charge is 0.234 e. The lowest BCUT2D eigenvalue weighted by Crippen LogP contribution is -2.14. The first kappa shape index (κ1) is 20.0. The Morgan fingerprint density at radius 1 is 1.14 bits per heavy atom. The number of aryl methyl sites for hydroxylation is 1. The zero-order valence-electron chi connectivity index (χ0n) is 15.7. The molecule has 3 aromatic rings. The summed E-state index contributed by atoms with van der Waals surface area (Å²) in [5.41, 5.74) is 2.68. The number of hydrogen-bond donors (Lipinski definition) is 2. The van der Waals surface area contributed by atoms with Crippen LogP contribution in [0.1, 0.15) is 5.56 Å². The van der Waals surface area contributed by atoms with Gasteiger partial charge in [-0.1, -0.05) is 35.2 Å². The van der Waals surface area contributed by atoms with E-state index >= 15 is 0 Å². The molecule has 0 aliphatic carbocycles. The molecule has 7 nitrogen and oxygen atoms in total. The molecule has 0 fully saturated rings. The van der Waals surface area contributed by atoms with Crippen molar-refractivity contribution in [3.05, 3.63) is 48.0 Å². The van der Waals surface area contributed by atoms with Crippen LogP contribution in [0.3, 0.4) is 0 Å². The predicted molar refractivity (Wildman–Crippen MR) is 113 cm³/mol. The highest BCUT2D eigenvalue weighted by molar-refractivity contribution is 8.01. The fourth-order valence-corrected chi connectivity index (χ4v) is 3.96. The average Bonchev–Trinajstić information content (AvgIpc) is 3.13. The molecule has 0 saturated carbocycles. The number of thioether (sulfide) groups is 1. The Kier molecular flexibility index (Phi) is 6.72. The van der Waals surface area contributed by atoms with Gasteiger partial charge in [0.2, 0.25) is 11.0 Å². The van der Waals surface area contributed by atoms with Crippen LogP contribution < -0.4 is 20.1 Å². The summed E-state index contributed by atoms with van der Waals surface area (Å²) in [4.78, 5) is 12.3. The lowest BCUT2D eigenvalue weighted by Gasteiger charge is -2.11. The lowest BCUT2D eigenvalue weighted by atomic mass is 10.2. The molecular formula is C19H20N4O3S2. The topological polar surface area (TPSA) is 85.4 Å². The lowest BCUT2D eigenvalue weighted by molar-refractivity contribution is -0.113. The van der Waals surface area contributed by atoms with E-state index < -0.39 is 0 Å². The van der Waals surface area contributed by atoms with Crippen LogP contribution in [0.4, 0.5) is 16.5 Å². The van der Waals surface area contributed by atoms with Crippen molar-refractivity contribution in [1.29, 1.82) is 0 Å². The average molecular weight is 417 g/mol. The summed E-state index contributed by atoms with van der Waals surface area (Å²) >= 11 is 2.73. The number of nitrogens with one attached hydrogen (secondary N) is 2. The van der Waals surface area contributed by atoms with Gasteiger partial charge in [0.25, 0.3) is 0 Å². The van der Waals surface area contributed by atoms with Crippen molar-refractivity contribution in [2.24, 2.45) is 0 Å². The van der Waals surface area contributed by atoms with Gasteiger partial charge in [0.05, 0.1) is 25.7 Å². The van der Waals surface area contributed by atoms with Crippen LogP contribution in [0, 0.1) is 6.92 Å². The Hall–Kier alpha value is -2.78. The first-order chi connectivity index (χ1) is 13.6. The highest BCUT2D eigenvalue weighted by Gasteiger charge is 2.12. The number of methoxy groups -OCH3 is 2. The van der Waals surface area contributed by atoms with E-state index in [1.807, 2.05) is 31.2 Å². The summed E-state index contributed by atoms with van der Waals surface area (Å²) in [6, 6.07) is 13.2. The highest BCUT2D eigenvalue weighted by atomic mass is 32.2.